The van der Waals surface area contributed by atoms with Crippen LogP contribution in [0.5, 0.6) is 0 Å². The van der Waals surface area contributed by atoms with Crippen molar-refractivity contribution in [3.63, 3.8) is 0 Å². The lowest BCUT2D eigenvalue weighted by molar-refractivity contribution is 0.103. The monoisotopic (exact) mass is 436 g/mol. The van der Waals surface area contributed by atoms with Crippen LogP contribution in [0.15, 0.2) is 121 Å². The van der Waals surface area contributed by atoms with Crippen molar-refractivity contribution in [2.75, 3.05) is 0 Å². The third-order valence-electron chi connectivity index (χ3n) is 6.09. The Morgan fingerprint density at radius 3 is 1.35 bits per heavy atom. The zero-order valence-corrected chi connectivity index (χ0v) is 18.3. The number of hydrogen-bond donors (Lipinski definition) is 0. The summed E-state index contributed by atoms with van der Waals surface area (Å²) in [5, 5.41) is 4.50. The van der Waals surface area contributed by atoms with Crippen molar-refractivity contribution < 1.29 is 4.79 Å². The van der Waals surface area contributed by atoms with Crippen LogP contribution >= 0.6 is 0 Å². The summed E-state index contributed by atoms with van der Waals surface area (Å²) < 4.78 is 0. The summed E-state index contributed by atoms with van der Waals surface area (Å²) in [4.78, 5) is 22.9. The van der Waals surface area contributed by atoms with E-state index in [0.29, 0.717) is 11.4 Å². The number of carbonyl (C=O) groups excluding carboxylic acids is 1. The minimum absolute atomic E-state index is 0.191. The molecular formula is C31H20N2O. The molecule has 0 saturated carbocycles. The van der Waals surface area contributed by atoms with Gasteiger partial charge in [-0.25, -0.2) is 9.97 Å². The van der Waals surface area contributed by atoms with Gasteiger partial charge >= 0.3 is 0 Å². The second-order valence-electron chi connectivity index (χ2n) is 8.20. The third kappa shape index (κ3) is 3.54. The van der Waals surface area contributed by atoms with Crippen molar-refractivity contribution in [2.45, 2.75) is 0 Å². The average molecular weight is 437 g/mol. The van der Waals surface area contributed by atoms with E-state index in [-0.39, 0.29) is 5.78 Å². The number of fused-ring (bicyclic) bond motifs is 2. The highest BCUT2D eigenvalue weighted by Crippen LogP contribution is 2.29. The molecule has 3 heteroatoms. The minimum atomic E-state index is -0.191. The van der Waals surface area contributed by atoms with Gasteiger partial charge in [-0.1, -0.05) is 97.1 Å². The van der Waals surface area contributed by atoms with Crippen LogP contribution in [-0.4, -0.2) is 15.8 Å². The molecule has 0 aliphatic rings. The molecule has 0 radical (unpaired) electrons. The molecule has 0 unspecified atom stereocenters. The van der Waals surface area contributed by atoms with Crippen molar-refractivity contribution in [2.24, 2.45) is 0 Å². The molecule has 3 nitrogen and oxygen atoms in total. The van der Waals surface area contributed by atoms with Crippen LogP contribution in [0, 0.1) is 0 Å². The summed E-state index contributed by atoms with van der Waals surface area (Å²) in [6.07, 6.45) is 0. The predicted molar refractivity (Wildman–Crippen MR) is 138 cm³/mol. The first kappa shape index (κ1) is 20.0. The van der Waals surface area contributed by atoms with E-state index in [1.54, 1.807) is 12.1 Å². The summed E-state index contributed by atoms with van der Waals surface area (Å²) >= 11 is 0. The number of benzene rings is 4. The lowest BCUT2D eigenvalue weighted by atomic mass is 10.0. The Balaban J connectivity index is 1.40. The van der Waals surface area contributed by atoms with E-state index in [2.05, 4.69) is 36.4 Å². The molecule has 6 aromatic rings. The molecule has 34 heavy (non-hydrogen) atoms. The Kier molecular flexibility index (Phi) is 4.93. The third-order valence-corrected chi connectivity index (χ3v) is 6.09. The molecule has 2 heterocycles. The molecular weight excluding hydrogens is 416 g/mol. The molecule has 0 atom stereocenters. The molecule has 160 valence electrons. The number of ketones is 1. The van der Waals surface area contributed by atoms with Crippen molar-refractivity contribution in [3.05, 3.63) is 133 Å². The van der Waals surface area contributed by atoms with E-state index in [1.165, 1.54) is 0 Å². The highest BCUT2D eigenvalue weighted by Gasteiger charge is 2.15. The summed E-state index contributed by atoms with van der Waals surface area (Å²) in [7, 11) is 0. The maximum atomic E-state index is 13.4. The normalized spacial score (nSPS) is 11.1. The maximum Gasteiger partial charge on any atom is 0.229 e. The van der Waals surface area contributed by atoms with Gasteiger partial charge in [-0.05, 0) is 45.8 Å². The van der Waals surface area contributed by atoms with E-state index in [9.17, 15) is 4.79 Å². The van der Waals surface area contributed by atoms with Gasteiger partial charge < -0.3 is 0 Å². The minimum Gasteiger partial charge on any atom is -0.285 e. The van der Waals surface area contributed by atoms with Gasteiger partial charge in [-0.3, -0.25) is 4.79 Å². The average Bonchev–Trinajstić information content (AvgIpc) is 2.92. The van der Waals surface area contributed by atoms with Crippen molar-refractivity contribution in [1.29, 1.82) is 0 Å². The van der Waals surface area contributed by atoms with Gasteiger partial charge in [0.15, 0.2) is 0 Å². The van der Waals surface area contributed by atoms with E-state index < -0.39 is 0 Å². The second kappa shape index (κ2) is 8.38. The molecule has 0 saturated heterocycles. The number of pyridine rings is 2. The molecule has 0 N–H and O–H groups in total. The van der Waals surface area contributed by atoms with E-state index in [4.69, 9.17) is 9.97 Å². The summed E-state index contributed by atoms with van der Waals surface area (Å²) in [5.41, 5.74) is 4.32. The van der Waals surface area contributed by atoms with Crippen LogP contribution in [0.4, 0.5) is 0 Å². The van der Waals surface area contributed by atoms with Gasteiger partial charge in [0.2, 0.25) is 5.78 Å². The fourth-order valence-corrected chi connectivity index (χ4v) is 4.45. The number of carbonyl (C=O) groups is 1. The number of rotatable bonds is 4. The van der Waals surface area contributed by atoms with Crippen LogP contribution in [-0.2, 0) is 0 Å². The summed E-state index contributed by atoms with van der Waals surface area (Å²) in [5.74, 6) is -0.191. The SMILES string of the molecule is O=C(c1cccc(-c2cccc3ccccc23)n1)c1cccc(-c2cccc3ccccc23)n1. The zero-order valence-electron chi connectivity index (χ0n) is 18.3. The van der Waals surface area contributed by atoms with Crippen molar-refractivity contribution in [3.8, 4) is 22.5 Å². The van der Waals surface area contributed by atoms with E-state index in [0.717, 1.165) is 44.1 Å². The number of hydrogen-bond acceptors (Lipinski definition) is 3. The lowest BCUT2D eigenvalue weighted by Gasteiger charge is -2.09. The highest BCUT2D eigenvalue weighted by atomic mass is 16.1. The first-order valence-corrected chi connectivity index (χ1v) is 11.2. The molecule has 0 aliphatic heterocycles. The Bertz CT molecular complexity index is 1550. The molecule has 2 aromatic heterocycles. The first-order valence-electron chi connectivity index (χ1n) is 11.2. The van der Waals surface area contributed by atoms with Gasteiger partial charge in [0.25, 0.3) is 0 Å². The van der Waals surface area contributed by atoms with Crippen LogP contribution in [0.3, 0.4) is 0 Å². The molecule has 6 rings (SSSR count). The van der Waals surface area contributed by atoms with Crippen molar-refractivity contribution >= 4 is 27.3 Å². The van der Waals surface area contributed by atoms with Crippen LogP contribution in [0.2, 0.25) is 0 Å². The van der Waals surface area contributed by atoms with E-state index >= 15 is 0 Å². The number of nitrogens with zero attached hydrogens (tertiary/aromatic N) is 2. The fourth-order valence-electron chi connectivity index (χ4n) is 4.45. The maximum absolute atomic E-state index is 13.4. The molecule has 0 spiro atoms. The van der Waals surface area contributed by atoms with Crippen molar-refractivity contribution in [1.82, 2.24) is 9.97 Å². The Morgan fingerprint density at radius 2 is 0.853 bits per heavy atom. The van der Waals surface area contributed by atoms with Crippen LogP contribution in [0.1, 0.15) is 16.2 Å². The van der Waals surface area contributed by atoms with Gasteiger partial charge in [-0.15, -0.1) is 0 Å². The second-order valence-corrected chi connectivity index (χ2v) is 8.20. The van der Waals surface area contributed by atoms with Crippen LogP contribution < -0.4 is 0 Å². The topological polar surface area (TPSA) is 42.9 Å². The predicted octanol–water partition coefficient (Wildman–Crippen LogP) is 7.35. The molecule has 0 amide bonds. The van der Waals surface area contributed by atoms with E-state index in [1.807, 2.05) is 72.8 Å². The number of aromatic nitrogens is 2. The first-order chi connectivity index (χ1) is 16.8. The quantitative estimate of drug-likeness (QED) is 0.271. The van der Waals surface area contributed by atoms with Gasteiger partial charge in [0.05, 0.1) is 11.4 Å². The van der Waals surface area contributed by atoms with Gasteiger partial charge in [-0.2, -0.15) is 0 Å². The molecule has 4 aromatic carbocycles. The molecule has 0 bridgehead atoms. The largest absolute Gasteiger partial charge is 0.285 e. The Morgan fingerprint density at radius 1 is 0.441 bits per heavy atom. The standard InChI is InChI=1S/C31H20N2O/c34-31(29-19-7-17-27(32-29)25-15-5-11-21-9-1-3-13-23(21)25)30-20-8-18-28(33-30)26-16-6-12-22-10-2-4-14-24(22)26/h1-20H. The summed E-state index contributed by atoms with van der Waals surface area (Å²) in [6, 6.07) is 39.8. The fraction of sp³-hybridized carbons (Fsp3) is 0. The van der Waals surface area contributed by atoms with Gasteiger partial charge in [0.1, 0.15) is 11.4 Å². The lowest BCUT2D eigenvalue weighted by Crippen LogP contribution is -2.07. The van der Waals surface area contributed by atoms with Gasteiger partial charge in [0, 0.05) is 11.1 Å². The zero-order chi connectivity index (χ0) is 22.9. The highest BCUT2D eigenvalue weighted by molar-refractivity contribution is 6.07. The molecule has 0 aliphatic carbocycles. The molecule has 0 fully saturated rings. The van der Waals surface area contributed by atoms with Crippen LogP contribution in [0.25, 0.3) is 44.1 Å². The summed E-state index contributed by atoms with van der Waals surface area (Å²) in [6.45, 7) is 0. The Hall–Kier alpha value is -4.63. The Labute approximate surface area is 197 Å². The smallest absolute Gasteiger partial charge is 0.229 e.